The van der Waals surface area contributed by atoms with E-state index in [-0.39, 0.29) is 12.5 Å². The van der Waals surface area contributed by atoms with Crippen molar-refractivity contribution in [3.63, 3.8) is 0 Å². The molecule has 7 nitrogen and oxygen atoms in total. The Labute approximate surface area is 174 Å². The Kier molecular flexibility index (Phi) is 8.09. The maximum absolute atomic E-state index is 12.2. The molecule has 0 unspecified atom stereocenters. The predicted octanol–water partition coefficient (Wildman–Crippen LogP) is 3.30. The highest BCUT2D eigenvalue weighted by atomic mass is 32.1. The quantitative estimate of drug-likeness (QED) is 0.459. The molecule has 2 rings (SSSR count). The minimum Gasteiger partial charge on any atom is -0.493 e. The topological polar surface area (TPSA) is 74.3 Å². The van der Waals surface area contributed by atoms with Crippen molar-refractivity contribution >= 4 is 29.3 Å². The van der Waals surface area contributed by atoms with Crippen LogP contribution >= 0.6 is 11.3 Å². The van der Waals surface area contributed by atoms with Crippen molar-refractivity contribution < 1.29 is 28.5 Å². The molecule has 0 aliphatic carbocycles. The van der Waals surface area contributed by atoms with E-state index in [0.29, 0.717) is 29.4 Å². The van der Waals surface area contributed by atoms with Crippen LogP contribution in [-0.4, -0.2) is 51.8 Å². The van der Waals surface area contributed by atoms with E-state index < -0.39 is 5.97 Å². The number of esters is 1. The van der Waals surface area contributed by atoms with Gasteiger partial charge >= 0.3 is 5.97 Å². The Bertz CT molecular complexity index is 864. The van der Waals surface area contributed by atoms with Gasteiger partial charge in [-0.2, -0.15) is 0 Å². The molecule has 0 N–H and O–H groups in total. The molecule has 8 heteroatoms. The van der Waals surface area contributed by atoms with E-state index >= 15 is 0 Å². The van der Waals surface area contributed by atoms with Crippen LogP contribution in [0, 0.1) is 6.92 Å². The normalized spacial score (nSPS) is 10.7. The van der Waals surface area contributed by atoms with Crippen molar-refractivity contribution in [2.75, 3.05) is 35.0 Å². The maximum Gasteiger partial charge on any atom is 0.331 e. The van der Waals surface area contributed by atoms with Crippen LogP contribution in [0.25, 0.3) is 6.08 Å². The largest absolute Gasteiger partial charge is 0.493 e. The van der Waals surface area contributed by atoms with E-state index in [1.165, 1.54) is 32.3 Å². The number of rotatable bonds is 9. The van der Waals surface area contributed by atoms with Gasteiger partial charge in [0, 0.05) is 18.0 Å². The summed E-state index contributed by atoms with van der Waals surface area (Å²) in [6, 6.07) is 5.41. The first-order valence-electron chi connectivity index (χ1n) is 8.81. The molecule has 0 saturated carbocycles. The number of likely N-dealkylation sites (N-methyl/N-ethyl adjacent to an activating group) is 1. The summed E-state index contributed by atoms with van der Waals surface area (Å²) in [7, 11) is 6.22. The van der Waals surface area contributed by atoms with Crippen LogP contribution in [-0.2, 0) is 20.9 Å². The molecule has 1 heterocycles. The Morgan fingerprint density at radius 3 is 2.28 bits per heavy atom. The molecule has 0 saturated heterocycles. The van der Waals surface area contributed by atoms with Crippen molar-refractivity contribution in [3.8, 4) is 17.2 Å². The molecule has 156 valence electrons. The molecule has 0 atom stereocenters. The van der Waals surface area contributed by atoms with Gasteiger partial charge in [0.1, 0.15) is 0 Å². The fourth-order valence-electron chi connectivity index (χ4n) is 2.52. The number of ether oxygens (including phenoxy) is 4. The van der Waals surface area contributed by atoms with Gasteiger partial charge in [-0.1, -0.05) is 0 Å². The zero-order chi connectivity index (χ0) is 21.4. The highest BCUT2D eigenvalue weighted by molar-refractivity contribution is 7.10. The van der Waals surface area contributed by atoms with Gasteiger partial charge in [-0.3, -0.25) is 4.79 Å². The van der Waals surface area contributed by atoms with E-state index in [1.54, 1.807) is 36.6 Å². The summed E-state index contributed by atoms with van der Waals surface area (Å²) in [6.07, 6.45) is 2.80. The summed E-state index contributed by atoms with van der Waals surface area (Å²) in [6.45, 7) is 2.17. The summed E-state index contributed by atoms with van der Waals surface area (Å²) in [5, 5.41) is 1.98. The van der Waals surface area contributed by atoms with Gasteiger partial charge in [0.2, 0.25) is 5.75 Å². The first kappa shape index (κ1) is 22.3. The number of hydrogen-bond acceptors (Lipinski definition) is 7. The molecule has 0 fully saturated rings. The zero-order valence-corrected chi connectivity index (χ0v) is 18.0. The summed E-state index contributed by atoms with van der Waals surface area (Å²) in [5.74, 6) is 0.519. The van der Waals surface area contributed by atoms with Crippen LogP contribution in [0.4, 0.5) is 0 Å². The molecule has 0 spiro atoms. The molecule has 1 aromatic carbocycles. The lowest BCUT2D eigenvalue weighted by molar-refractivity contribution is -0.147. The molecule has 29 heavy (non-hydrogen) atoms. The summed E-state index contributed by atoms with van der Waals surface area (Å²) < 4.78 is 20.9. The SMILES string of the molecule is COc1cc(/C=C/C(=O)OCC(=O)N(C)Cc2sccc2C)cc(OC)c1OC. The molecule has 0 bridgehead atoms. The number of amides is 1. The first-order valence-corrected chi connectivity index (χ1v) is 9.69. The van der Waals surface area contributed by atoms with Crippen molar-refractivity contribution in [1.29, 1.82) is 0 Å². The Morgan fingerprint density at radius 1 is 1.10 bits per heavy atom. The number of hydrogen-bond donors (Lipinski definition) is 0. The number of carbonyl (C=O) groups excluding carboxylic acids is 2. The van der Waals surface area contributed by atoms with Gasteiger partial charge < -0.3 is 23.8 Å². The third-order valence-electron chi connectivity index (χ3n) is 4.21. The molecule has 1 amide bonds. The predicted molar refractivity (Wildman–Crippen MR) is 112 cm³/mol. The molecule has 0 aliphatic heterocycles. The summed E-state index contributed by atoms with van der Waals surface area (Å²) in [5.41, 5.74) is 1.80. The summed E-state index contributed by atoms with van der Waals surface area (Å²) in [4.78, 5) is 26.8. The van der Waals surface area contributed by atoms with Crippen LogP contribution < -0.4 is 14.2 Å². The van der Waals surface area contributed by atoms with Gasteiger partial charge in [0.15, 0.2) is 18.1 Å². The van der Waals surface area contributed by atoms with Gasteiger partial charge in [-0.25, -0.2) is 4.79 Å². The second-order valence-corrected chi connectivity index (χ2v) is 7.18. The van der Waals surface area contributed by atoms with Crippen LogP contribution in [0.15, 0.2) is 29.7 Å². The van der Waals surface area contributed by atoms with E-state index in [4.69, 9.17) is 18.9 Å². The van der Waals surface area contributed by atoms with Gasteiger partial charge in [-0.15, -0.1) is 11.3 Å². The second kappa shape index (κ2) is 10.5. The number of thiophene rings is 1. The number of benzene rings is 1. The van der Waals surface area contributed by atoms with E-state index in [1.807, 2.05) is 18.4 Å². The van der Waals surface area contributed by atoms with Crippen molar-refractivity contribution in [3.05, 3.63) is 45.7 Å². The molecular formula is C21H25NO6S. The number of methoxy groups -OCH3 is 3. The maximum atomic E-state index is 12.2. The minimum absolute atomic E-state index is 0.271. The van der Waals surface area contributed by atoms with E-state index in [9.17, 15) is 9.59 Å². The van der Waals surface area contributed by atoms with Crippen molar-refractivity contribution in [1.82, 2.24) is 4.90 Å². The minimum atomic E-state index is -0.618. The van der Waals surface area contributed by atoms with Crippen LogP contribution in [0.1, 0.15) is 16.0 Å². The van der Waals surface area contributed by atoms with E-state index in [2.05, 4.69) is 0 Å². The molecule has 0 aliphatic rings. The summed E-state index contributed by atoms with van der Waals surface area (Å²) >= 11 is 1.59. The standard InChI is InChI=1S/C21H25NO6S/c1-14-8-9-29-18(14)12-22(2)19(23)13-28-20(24)7-6-15-10-16(25-3)21(27-5)17(11-15)26-4/h6-11H,12-13H2,1-5H3/b7-6+. The first-order chi connectivity index (χ1) is 13.9. The lowest BCUT2D eigenvalue weighted by atomic mass is 10.1. The van der Waals surface area contributed by atoms with Gasteiger partial charge in [0.05, 0.1) is 27.9 Å². The van der Waals surface area contributed by atoms with Gasteiger partial charge in [-0.05, 0) is 47.7 Å². The van der Waals surface area contributed by atoms with Crippen LogP contribution in [0.3, 0.4) is 0 Å². The fraction of sp³-hybridized carbons (Fsp3) is 0.333. The zero-order valence-electron chi connectivity index (χ0n) is 17.2. The molecule has 1 aromatic heterocycles. The number of nitrogens with zero attached hydrogens (tertiary/aromatic N) is 1. The van der Waals surface area contributed by atoms with Crippen LogP contribution in [0.2, 0.25) is 0 Å². The van der Waals surface area contributed by atoms with Crippen molar-refractivity contribution in [2.24, 2.45) is 0 Å². The van der Waals surface area contributed by atoms with E-state index in [0.717, 1.165) is 10.4 Å². The van der Waals surface area contributed by atoms with Crippen molar-refractivity contribution in [2.45, 2.75) is 13.5 Å². The lowest BCUT2D eigenvalue weighted by Crippen LogP contribution is -2.30. The molecule has 0 radical (unpaired) electrons. The number of carbonyl (C=O) groups is 2. The fourth-order valence-corrected chi connectivity index (χ4v) is 3.48. The average Bonchev–Trinajstić information content (AvgIpc) is 3.13. The highest BCUT2D eigenvalue weighted by Crippen LogP contribution is 2.38. The van der Waals surface area contributed by atoms with Gasteiger partial charge in [0.25, 0.3) is 5.91 Å². The smallest absolute Gasteiger partial charge is 0.331 e. The monoisotopic (exact) mass is 419 g/mol. The average molecular weight is 419 g/mol. The third kappa shape index (κ3) is 5.99. The molecule has 2 aromatic rings. The Balaban J connectivity index is 1.94. The molecular weight excluding hydrogens is 394 g/mol. The number of aryl methyl sites for hydroxylation is 1. The Morgan fingerprint density at radius 2 is 1.76 bits per heavy atom. The lowest BCUT2D eigenvalue weighted by Gasteiger charge is -2.16. The Hall–Kier alpha value is -3.00. The second-order valence-electron chi connectivity index (χ2n) is 6.18. The highest BCUT2D eigenvalue weighted by Gasteiger charge is 2.14. The van der Waals surface area contributed by atoms with Crippen LogP contribution in [0.5, 0.6) is 17.2 Å². The third-order valence-corrected chi connectivity index (χ3v) is 5.22.